The minimum atomic E-state index is -0.498. The Labute approximate surface area is 178 Å². The fraction of sp³-hybridized carbons (Fsp3) is 0.0909. The van der Waals surface area contributed by atoms with E-state index in [0.717, 1.165) is 11.3 Å². The molecule has 0 bridgehead atoms. The topological polar surface area (TPSA) is 75.3 Å². The van der Waals surface area contributed by atoms with Crippen molar-refractivity contribution in [3.63, 3.8) is 0 Å². The van der Waals surface area contributed by atoms with Gasteiger partial charge in [-0.1, -0.05) is 35.3 Å². The van der Waals surface area contributed by atoms with Gasteiger partial charge in [0.25, 0.3) is 5.91 Å². The monoisotopic (exact) mass is 426 g/mol. The van der Waals surface area contributed by atoms with Crippen LogP contribution in [0.25, 0.3) is 17.4 Å². The first-order valence-corrected chi connectivity index (χ1v) is 9.34. The lowest BCUT2D eigenvalue weighted by Gasteiger charge is -2.05. The first-order valence-electron chi connectivity index (χ1n) is 8.58. The Morgan fingerprint density at radius 1 is 1.17 bits per heavy atom. The van der Waals surface area contributed by atoms with Crippen molar-refractivity contribution in [2.45, 2.75) is 6.54 Å². The SMILES string of the molecule is COc1ccc(CNC(=O)/C(C#N)=C\c2ccc(-c3cc(Cl)ccc3Cl)o2)cc1. The number of furan rings is 1. The third kappa shape index (κ3) is 5.20. The van der Waals surface area contributed by atoms with E-state index < -0.39 is 5.91 Å². The molecule has 0 aliphatic carbocycles. The normalized spacial score (nSPS) is 11.0. The van der Waals surface area contributed by atoms with Crippen molar-refractivity contribution in [3.05, 3.63) is 81.5 Å². The van der Waals surface area contributed by atoms with Crippen LogP contribution in [-0.4, -0.2) is 13.0 Å². The lowest BCUT2D eigenvalue weighted by molar-refractivity contribution is -0.117. The van der Waals surface area contributed by atoms with Crippen LogP contribution in [0.2, 0.25) is 10.0 Å². The molecule has 0 spiro atoms. The Bertz CT molecular complexity index is 1100. The molecular weight excluding hydrogens is 411 g/mol. The van der Waals surface area contributed by atoms with Crippen LogP contribution < -0.4 is 10.1 Å². The average Bonchev–Trinajstić information content (AvgIpc) is 3.20. The van der Waals surface area contributed by atoms with Crippen LogP contribution in [0.15, 0.2) is 64.6 Å². The number of halogens is 2. The summed E-state index contributed by atoms with van der Waals surface area (Å²) < 4.78 is 10.8. The van der Waals surface area contributed by atoms with Crippen LogP contribution in [0, 0.1) is 11.3 Å². The second-order valence-electron chi connectivity index (χ2n) is 6.03. The molecule has 0 radical (unpaired) electrons. The zero-order valence-electron chi connectivity index (χ0n) is 15.4. The molecule has 0 aliphatic heterocycles. The van der Waals surface area contributed by atoms with Crippen molar-refractivity contribution in [2.75, 3.05) is 7.11 Å². The van der Waals surface area contributed by atoms with E-state index >= 15 is 0 Å². The number of amides is 1. The Morgan fingerprint density at radius 3 is 2.62 bits per heavy atom. The van der Waals surface area contributed by atoms with E-state index in [9.17, 15) is 10.1 Å². The van der Waals surface area contributed by atoms with Crippen molar-refractivity contribution >= 4 is 35.2 Å². The molecule has 0 saturated carbocycles. The van der Waals surface area contributed by atoms with Gasteiger partial charge in [-0.05, 0) is 48.0 Å². The lowest BCUT2D eigenvalue weighted by atomic mass is 10.2. The fourth-order valence-electron chi connectivity index (χ4n) is 2.57. The van der Waals surface area contributed by atoms with Crippen LogP contribution in [0.3, 0.4) is 0 Å². The number of ether oxygens (including phenoxy) is 1. The van der Waals surface area contributed by atoms with Crippen LogP contribution >= 0.6 is 23.2 Å². The molecule has 1 heterocycles. The maximum absolute atomic E-state index is 12.3. The number of carbonyl (C=O) groups is 1. The summed E-state index contributed by atoms with van der Waals surface area (Å²) in [5.74, 6) is 1.07. The van der Waals surface area contributed by atoms with Crippen molar-refractivity contribution in [2.24, 2.45) is 0 Å². The van der Waals surface area contributed by atoms with Gasteiger partial charge in [-0.25, -0.2) is 0 Å². The number of benzene rings is 2. The summed E-state index contributed by atoms with van der Waals surface area (Å²) in [5, 5.41) is 13.1. The van der Waals surface area contributed by atoms with Gasteiger partial charge in [0, 0.05) is 23.2 Å². The molecule has 29 heavy (non-hydrogen) atoms. The van der Waals surface area contributed by atoms with Crippen molar-refractivity contribution in [1.82, 2.24) is 5.32 Å². The number of nitrogens with zero attached hydrogens (tertiary/aromatic N) is 1. The molecular formula is C22H16Cl2N2O3. The second kappa shape index (κ2) is 9.33. The van der Waals surface area contributed by atoms with Gasteiger partial charge in [0.15, 0.2) is 0 Å². The number of rotatable bonds is 6. The minimum absolute atomic E-state index is 0.0726. The predicted octanol–water partition coefficient (Wildman–Crippen LogP) is 5.49. The highest BCUT2D eigenvalue weighted by molar-refractivity contribution is 6.35. The highest BCUT2D eigenvalue weighted by Crippen LogP contribution is 2.32. The molecule has 1 N–H and O–H groups in total. The van der Waals surface area contributed by atoms with E-state index in [2.05, 4.69) is 5.32 Å². The standard InChI is InChI=1S/C22H16Cl2N2O3/c1-28-17-5-2-14(3-6-17)13-26-22(27)15(12-25)10-18-7-9-21(29-18)19-11-16(23)4-8-20(19)24/h2-11H,13H2,1H3,(H,26,27)/b15-10-. The molecule has 3 aromatic rings. The Kier molecular flexibility index (Phi) is 6.61. The zero-order chi connectivity index (χ0) is 20.8. The number of hydrogen-bond donors (Lipinski definition) is 1. The molecule has 0 aliphatic rings. The van der Waals surface area contributed by atoms with Crippen molar-refractivity contribution in [3.8, 4) is 23.1 Å². The summed E-state index contributed by atoms with van der Waals surface area (Å²) in [6.45, 7) is 0.281. The Hall–Kier alpha value is -3.20. The van der Waals surface area contributed by atoms with Crippen LogP contribution in [-0.2, 0) is 11.3 Å². The van der Waals surface area contributed by atoms with Gasteiger partial charge in [-0.2, -0.15) is 5.26 Å². The highest BCUT2D eigenvalue weighted by Gasteiger charge is 2.12. The number of methoxy groups -OCH3 is 1. The van der Waals surface area contributed by atoms with Gasteiger partial charge in [-0.3, -0.25) is 4.79 Å². The summed E-state index contributed by atoms with van der Waals surface area (Å²) in [6.07, 6.45) is 1.38. The molecule has 3 rings (SSSR count). The van der Waals surface area contributed by atoms with E-state index in [1.54, 1.807) is 49.6 Å². The first-order chi connectivity index (χ1) is 14.0. The molecule has 0 unspecified atom stereocenters. The van der Waals surface area contributed by atoms with Gasteiger partial charge in [-0.15, -0.1) is 0 Å². The summed E-state index contributed by atoms with van der Waals surface area (Å²) >= 11 is 12.2. The van der Waals surface area contributed by atoms with Crippen molar-refractivity contribution in [1.29, 1.82) is 5.26 Å². The van der Waals surface area contributed by atoms with E-state index in [1.807, 2.05) is 18.2 Å². The quantitative estimate of drug-likeness (QED) is 0.417. The number of nitrogens with one attached hydrogen (secondary N) is 1. The van der Waals surface area contributed by atoms with Crippen LogP contribution in [0.5, 0.6) is 5.75 Å². The highest BCUT2D eigenvalue weighted by atomic mass is 35.5. The Morgan fingerprint density at radius 2 is 1.93 bits per heavy atom. The minimum Gasteiger partial charge on any atom is -0.497 e. The van der Waals surface area contributed by atoms with Crippen LogP contribution in [0.4, 0.5) is 0 Å². The predicted molar refractivity (Wildman–Crippen MR) is 113 cm³/mol. The third-order valence-electron chi connectivity index (χ3n) is 4.08. The summed E-state index contributed by atoms with van der Waals surface area (Å²) in [4.78, 5) is 12.3. The summed E-state index contributed by atoms with van der Waals surface area (Å²) in [5.41, 5.74) is 1.44. The van der Waals surface area contributed by atoms with Gasteiger partial charge >= 0.3 is 0 Å². The molecule has 0 saturated heterocycles. The summed E-state index contributed by atoms with van der Waals surface area (Å²) in [7, 11) is 1.58. The second-order valence-corrected chi connectivity index (χ2v) is 6.87. The van der Waals surface area contributed by atoms with Gasteiger partial charge < -0.3 is 14.5 Å². The zero-order valence-corrected chi connectivity index (χ0v) is 16.9. The molecule has 7 heteroatoms. The van der Waals surface area contributed by atoms with E-state index in [4.69, 9.17) is 32.4 Å². The van der Waals surface area contributed by atoms with Gasteiger partial charge in [0.2, 0.25) is 0 Å². The first kappa shape index (κ1) is 20.5. The van der Waals surface area contributed by atoms with E-state index in [-0.39, 0.29) is 12.1 Å². The number of carbonyl (C=O) groups excluding carboxylic acids is 1. The molecule has 1 amide bonds. The molecule has 1 aromatic heterocycles. The molecule has 0 atom stereocenters. The largest absolute Gasteiger partial charge is 0.497 e. The van der Waals surface area contributed by atoms with Gasteiger partial charge in [0.1, 0.15) is 28.9 Å². The maximum Gasteiger partial charge on any atom is 0.262 e. The molecule has 2 aromatic carbocycles. The third-order valence-corrected chi connectivity index (χ3v) is 4.65. The number of hydrogen-bond acceptors (Lipinski definition) is 4. The van der Waals surface area contributed by atoms with E-state index in [1.165, 1.54) is 6.08 Å². The van der Waals surface area contributed by atoms with E-state index in [0.29, 0.717) is 27.1 Å². The maximum atomic E-state index is 12.3. The molecule has 146 valence electrons. The fourth-order valence-corrected chi connectivity index (χ4v) is 2.96. The van der Waals surface area contributed by atoms with Crippen LogP contribution in [0.1, 0.15) is 11.3 Å². The smallest absolute Gasteiger partial charge is 0.262 e. The van der Waals surface area contributed by atoms with Gasteiger partial charge in [0.05, 0.1) is 12.1 Å². The van der Waals surface area contributed by atoms with Crippen molar-refractivity contribution < 1.29 is 13.9 Å². The lowest BCUT2D eigenvalue weighted by Crippen LogP contribution is -2.23. The Balaban J connectivity index is 1.72. The number of nitriles is 1. The molecule has 5 nitrogen and oxygen atoms in total. The molecule has 0 fully saturated rings. The summed E-state index contributed by atoms with van der Waals surface area (Å²) in [6, 6.07) is 17.6. The average molecular weight is 427 g/mol.